The van der Waals surface area contributed by atoms with E-state index in [0.717, 1.165) is 4.90 Å². The summed E-state index contributed by atoms with van der Waals surface area (Å²) in [6.07, 6.45) is 2.86. The van der Waals surface area contributed by atoms with Gasteiger partial charge in [0.1, 0.15) is 5.75 Å². The Bertz CT molecular complexity index is 1230. The third-order valence-electron chi connectivity index (χ3n) is 4.84. The Morgan fingerprint density at radius 3 is 2.19 bits per heavy atom. The molecule has 3 aromatic carbocycles. The second kappa shape index (κ2) is 8.86. The van der Waals surface area contributed by atoms with Crippen molar-refractivity contribution in [2.45, 2.75) is 0 Å². The predicted octanol–water partition coefficient (Wildman–Crippen LogP) is 5.45. The van der Waals surface area contributed by atoms with E-state index in [-0.39, 0.29) is 11.8 Å². The number of amides is 3. The molecular weight excluding hydrogens is 451 g/mol. The van der Waals surface area contributed by atoms with Crippen LogP contribution >= 0.6 is 23.2 Å². The van der Waals surface area contributed by atoms with E-state index < -0.39 is 5.91 Å². The van der Waals surface area contributed by atoms with Crippen molar-refractivity contribution < 1.29 is 19.1 Å². The molecule has 1 aliphatic rings. The molecule has 0 saturated heterocycles. The van der Waals surface area contributed by atoms with E-state index in [0.29, 0.717) is 43.9 Å². The third-order valence-corrected chi connectivity index (χ3v) is 5.34. The topological polar surface area (TPSA) is 75.7 Å². The number of hydrogen-bond donors (Lipinski definition) is 1. The average molecular weight is 467 g/mol. The molecule has 8 heteroatoms. The molecule has 0 bridgehead atoms. The largest absolute Gasteiger partial charge is 0.495 e. The summed E-state index contributed by atoms with van der Waals surface area (Å²) >= 11 is 12.1. The zero-order valence-corrected chi connectivity index (χ0v) is 18.3. The number of carbonyl (C=O) groups excluding carboxylic acids is 3. The molecule has 32 heavy (non-hydrogen) atoms. The fourth-order valence-corrected chi connectivity index (χ4v) is 3.97. The van der Waals surface area contributed by atoms with E-state index >= 15 is 0 Å². The number of nitrogens with zero attached hydrogens (tertiary/aromatic N) is 1. The van der Waals surface area contributed by atoms with Crippen molar-refractivity contribution in [2.75, 3.05) is 17.3 Å². The van der Waals surface area contributed by atoms with Gasteiger partial charge in [0.05, 0.1) is 28.9 Å². The quantitative estimate of drug-likeness (QED) is 0.400. The highest BCUT2D eigenvalue weighted by Gasteiger charge is 2.36. The summed E-state index contributed by atoms with van der Waals surface area (Å²) in [6, 6.07) is 16.3. The molecule has 1 N–H and O–H groups in total. The van der Waals surface area contributed by atoms with Crippen LogP contribution in [-0.4, -0.2) is 24.8 Å². The van der Waals surface area contributed by atoms with Crippen molar-refractivity contribution in [1.29, 1.82) is 0 Å². The van der Waals surface area contributed by atoms with Gasteiger partial charge in [-0.1, -0.05) is 35.3 Å². The average Bonchev–Trinajstić information content (AvgIpc) is 3.03. The third kappa shape index (κ3) is 4.10. The molecule has 0 saturated carbocycles. The van der Waals surface area contributed by atoms with Gasteiger partial charge in [-0.15, -0.1) is 0 Å². The number of anilines is 2. The van der Waals surface area contributed by atoms with Gasteiger partial charge in [-0.25, -0.2) is 4.90 Å². The summed E-state index contributed by atoms with van der Waals surface area (Å²) in [5.41, 5.74) is 2.22. The molecule has 1 aliphatic heterocycles. The first kappa shape index (κ1) is 21.6. The van der Waals surface area contributed by atoms with Crippen LogP contribution in [0, 0.1) is 0 Å². The molecule has 0 spiro atoms. The Morgan fingerprint density at radius 1 is 0.969 bits per heavy atom. The fourth-order valence-electron chi connectivity index (χ4n) is 3.39. The lowest BCUT2D eigenvalue weighted by Gasteiger charge is -2.14. The highest BCUT2D eigenvalue weighted by Crippen LogP contribution is 2.33. The second-order valence-electron chi connectivity index (χ2n) is 6.87. The minimum atomic E-state index is -0.392. The minimum Gasteiger partial charge on any atom is -0.495 e. The molecule has 160 valence electrons. The first-order valence-electron chi connectivity index (χ1n) is 9.49. The molecule has 3 aromatic rings. The molecule has 0 radical (unpaired) electrons. The van der Waals surface area contributed by atoms with Crippen molar-refractivity contribution >= 4 is 58.4 Å². The number of fused-ring (bicyclic) bond motifs is 1. The molecule has 0 unspecified atom stereocenters. The van der Waals surface area contributed by atoms with Crippen molar-refractivity contribution in [3.05, 3.63) is 93.5 Å². The molecule has 4 rings (SSSR count). The highest BCUT2D eigenvalue weighted by molar-refractivity contribution is 6.36. The number of methoxy groups -OCH3 is 1. The standard InChI is InChI=1S/C24H16Cl2N2O4/c1-32-22-14(12-15(25)13-20(22)26)6-11-21(29)27-16-7-9-17(10-8-16)28-23(30)18-4-2-3-5-19(18)24(28)31/h2-13H,1H3,(H,27,29)/b11-6+. The summed E-state index contributed by atoms with van der Waals surface area (Å²) < 4.78 is 5.25. The van der Waals surface area contributed by atoms with Crippen LogP contribution in [0.2, 0.25) is 10.0 Å². The first-order chi connectivity index (χ1) is 15.4. The zero-order chi connectivity index (χ0) is 22.8. The Labute approximate surface area is 194 Å². The highest BCUT2D eigenvalue weighted by atomic mass is 35.5. The Kier molecular flexibility index (Phi) is 5.99. The van der Waals surface area contributed by atoms with E-state index in [1.807, 2.05) is 0 Å². The smallest absolute Gasteiger partial charge is 0.266 e. The van der Waals surface area contributed by atoms with E-state index in [2.05, 4.69) is 5.32 Å². The van der Waals surface area contributed by atoms with Gasteiger partial charge in [0.2, 0.25) is 5.91 Å². The molecule has 0 aromatic heterocycles. The van der Waals surface area contributed by atoms with Crippen molar-refractivity contribution in [1.82, 2.24) is 0 Å². The normalized spacial score (nSPS) is 12.9. The maximum Gasteiger partial charge on any atom is 0.266 e. The number of halogens is 2. The minimum absolute atomic E-state index is 0.337. The van der Waals surface area contributed by atoms with Gasteiger partial charge < -0.3 is 10.1 Å². The Morgan fingerprint density at radius 2 is 1.59 bits per heavy atom. The van der Waals surface area contributed by atoms with Gasteiger partial charge in [-0.3, -0.25) is 14.4 Å². The lowest BCUT2D eigenvalue weighted by molar-refractivity contribution is -0.111. The number of nitrogens with one attached hydrogen (secondary N) is 1. The number of imide groups is 1. The molecule has 1 heterocycles. The summed E-state index contributed by atoms with van der Waals surface area (Å²) in [6.45, 7) is 0. The van der Waals surface area contributed by atoms with Gasteiger partial charge in [-0.2, -0.15) is 0 Å². The van der Waals surface area contributed by atoms with E-state index in [9.17, 15) is 14.4 Å². The molecule has 0 fully saturated rings. The lowest BCUT2D eigenvalue weighted by atomic mass is 10.1. The van der Waals surface area contributed by atoms with Crippen molar-refractivity contribution in [3.8, 4) is 5.75 Å². The number of benzene rings is 3. The van der Waals surface area contributed by atoms with Crippen LogP contribution in [-0.2, 0) is 4.79 Å². The molecule has 0 atom stereocenters. The summed E-state index contributed by atoms with van der Waals surface area (Å²) in [5.74, 6) is -0.735. The van der Waals surface area contributed by atoms with Crippen LogP contribution in [0.5, 0.6) is 5.75 Å². The first-order valence-corrected chi connectivity index (χ1v) is 10.2. The van der Waals surface area contributed by atoms with Gasteiger partial charge in [0.25, 0.3) is 11.8 Å². The number of carbonyl (C=O) groups is 3. The summed E-state index contributed by atoms with van der Waals surface area (Å²) in [5, 5.41) is 3.47. The number of ether oxygens (including phenoxy) is 1. The lowest BCUT2D eigenvalue weighted by Crippen LogP contribution is -2.29. The Balaban J connectivity index is 1.47. The van der Waals surface area contributed by atoms with Crippen molar-refractivity contribution in [3.63, 3.8) is 0 Å². The SMILES string of the molecule is COc1c(Cl)cc(Cl)cc1/C=C/C(=O)Nc1ccc(N2C(=O)c3ccccc3C2=O)cc1. The molecule has 6 nitrogen and oxygen atoms in total. The summed E-state index contributed by atoms with van der Waals surface area (Å²) in [4.78, 5) is 38.6. The Hall–Kier alpha value is -3.61. The molecule has 3 amide bonds. The van der Waals surface area contributed by atoms with E-state index in [1.54, 1.807) is 66.7 Å². The monoisotopic (exact) mass is 466 g/mol. The van der Waals surface area contributed by atoms with Gasteiger partial charge in [-0.05, 0) is 54.6 Å². The van der Waals surface area contributed by atoms with Gasteiger partial charge in [0.15, 0.2) is 0 Å². The van der Waals surface area contributed by atoms with E-state index in [4.69, 9.17) is 27.9 Å². The molecule has 0 aliphatic carbocycles. The summed E-state index contributed by atoms with van der Waals surface area (Å²) in [7, 11) is 1.47. The van der Waals surface area contributed by atoms with Gasteiger partial charge in [0, 0.05) is 22.3 Å². The van der Waals surface area contributed by atoms with Crippen LogP contribution in [0.25, 0.3) is 6.08 Å². The fraction of sp³-hybridized carbons (Fsp3) is 0.0417. The van der Waals surface area contributed by atoms with Crippen LogP contribution in [0.15, 0.2) is 66.7 Å². The molecular formula is C24H16Cl2N2O4. The zero-order valence-electron chi connectivity index (χ0n) is 16.8. The van der Waals surface area contributed by atoms with Gasteiger partial charge >= 0.3 is 0 Å². The second-order valence-corrected chi connectivity index (χ2v) is 7.71. The van der Waals surface area contributed by atoms with E-state index in [1.165, 1.54) is 13.2 Å². The van der Waals surface area contributed by atoms with Crippen LogP contribution in [0.1, 0.15) is 26.3 Å². The van der Waals surface area contributed by atoms with Crippen molar-refractivity contribution in [2.24, 2.45) is 0 Å². The number of rotatable bonds is 5. The van der Waals surface area contributed by atoms with Crippen LogP contribution in [0.4, 0.5) is 11.4 Å². The van der Waals surface area contributed by atoms with Crippen LogP contribution < -0.4 is 15.0 Å². The number of hydrogen-bond acceptors (Lipinski definition) is 4. The predicted molar refractivity (Wildman–Crippen MR) is 125 cm³/mol. The van der Waals surface area contributed by atoms with Crippen LogP contribution in [0.3, 0.4) is 0 Å². The maximum absolute atomic E-state index is 12.6. The maximum atomic E-state index is 12.6.